The highest BCUT2D eigenvalue weighted by atomic mass is 35.5. The van der Waals surface area contributed by atoms with Crippen LogP contribution in [0.5, 0.6) is 11.5 Å². The second-order valence-corrected chi connectivity index (χ2v) is 5.44. The second-order valence-electron chi connectivity index (χ2n) is 4.60. The lowest BCUT2D eigenvalue weighted by Gasteiger charge is -2.12. The van der Waals surface area contributed by atoms with Gasteiger partial charge in [0.25, 0.3) is 5.91 Å². The largest absolute Gasteiger partial charge is 0.497 e. The first-order chi connectivity index (χ1) is 11.6. The SMILES string of the molecule is COc1ccc(OCC(=O)NNC(=S)Nc2ccc(Cl)cc2)cc1. The minimum absolute atomic E-state index is 0.150. The molecule has 24 heavy (non-hydrogen) atoms. The Hall–Kier alpha value is -2.51. The Morgan fingerprint density at radius 2 is 1.67 bits per heavy atom. The van der Waals surface area contributed by atoms with Crippen LogP contribution in [0.3, 0.4) is 0 Å². The van der Waals surface area contributed by atoms with Gasteiger partial charge in [0.2, 0.25) is 0 Å². The predicted octanol–water partition coefficient (Wildman–Crippen LogP) is 2.75. The zero-order valence-corrected chi connectivity index (χ0v) is 14.4. The number of hydrazine groups is 1. The molecule has 0 saturated heterocycles. The first-order valence-corrected chi connectivity index (χ1v) is 7.73. The van der Waals surface area contributed by atoms with Crippen molar-refractivity contribution in [3.8, 4) is 11.5 Å². The number of carbonyl (C=O) groups is 1. The molecule has 0 unspecified atom stereocenters. The molecular formula is C16H16ClN3O3S. The summed E-state index contributed by atoms with van der Waals surface area (Å²) in [7, 11) is 1.58. The lowest BCUT2D eigenvalue weighted by Crippen LogP contribution is -2.45. The first-order valence-electron chi connectivity index (χ1n) is 6.95. The van der Waals surface area contributed by atoms with Crippen LogP contribution in [0.2, 0.25) is 5.02 Å². The van der Waals surface area contributed by atoms with Crippen molar-refractivity contribution in [1.29, 1.82) is 0 Å². The van der Waals surface area contributed by atoms with Crippen LogP contribution in [-0.2, 0) is 4.79 Å². The Bertz CT molecular complexity index is 693. The van der Waals surface area contributed by atoms with Crippen LogP contribution in [0.1, 0.15) is 0 Å². The average molecular weight is 366 g/mol. The third kappa shape index (κ3) is 5.94. The molecule has 0 radical (unpaired) electrons. The number of carbonyl (C=O) groups excluding carboxylic acids is 1. The monoisotopic (exact) mass is 365 g/mol. The highest BCUT2D eigenvalue weighted by molar-refractivity contribution is 7.80. The molecule has 0 saturated carbocycles. The van der Waals surface area contributed by atoms with E-state index in [9.17, 15) is 4.79 Å². The molecule has 3 N–H and O–H groups in total. The van der Waals surface area contributed by atoms with Gasteiger partial charge >= 0.3 is 0 Å². The van der Waals surface area contributed by atoms with E-state index in [2.05, 4.69) is 16.2 Å². The minimum atomic E-state index is -0.369. The van der Waals surface area contributed by atoms with Crippen LogP contribution in [-0.4, -0.2) is 24.7 Å². The normalized spacial score (nSPS) is 9.75. The number of benzene rings is 2. The summed E-state index contributed by atoms with van der Waals surface area (Å²) in [6.07, 6.45) is 0. The van der Waals surface area contributed by atoms with Crippen molar-refractivity contribution in [1.82, 2.24) is 10.9 Å². The Balaban J connectivity index is 1.70. The molecule has 0 aliphatic carbocycles. The van der Waals surface area contributed by atoms with Crippen LogP contribution in [0.15, 0.2) is 48.5 Å². The van der Waals surface area contributed by atoms with Crippen LogP contribution < -0.4 is 25.6 Å². The van der Waals surface area contributed by atoms with Crippen molar-refractivity contribution in [3.63, 3.8) is 0 Å². The summed E-state index contributed by atoms with van der Waals surface area (Å²) in [4.78, 5) is 11.7. The molecule has 0 spiro atoms. The Labute approximate surface area is 150 Å². The number of hydrogen-bond acceptors (Lipinski definition) is 4. The van der Waals surface area contributed by atoms with Gasteiger partial charge < -0.3 is 14.8 Å². The topological polar surface area (TPSA) is 71.6 Å². The molecule has 0 aliphatic rings. The zero-order chi connectivity index (χ0) is 17.4. The number of anilines is 1. The third-order valence-electron chi connectivity index (χ3n) is 2.85. The van der Waals surface area contributed by atoms with Gasteiger partial charge in [0.05, 0.1) is 7.11 Å². The predicted molar refractivity (Wildman–Crippen MR) is 97.4 cm³/mol. The van der Waals surface area contributed by atoms with E-state index in [0.29, 0.717) is 16.5 Å². The molecule has 1 amide bonds. The molecule has 0 aromatic heterocycles. The molecular weight excluding hydrogens is 350 g/mol. The fourth-order valence-electron chi connectivity index (χ4n) is 1.68. The molecule has 0 atom stereocenters. The van der Waals surface area contributed by atoms with Gasteiger partial charge in [-0.1, -0.05) is 11.6 Å². The quantitative estimate of drug-likeness (QED) is 0.559. The van der Waals surface area contributed by atoms with Gasteiger partial charge in [-0.3, -0.25) is 15.6 Å². The summed E-state index contributed by atoms with van der Waals surface area (Å²) < 4.78 is 10.4. The highest BCUT2D eigenvalue weighted by Gasteiger charge is 2.04. The van der Waals surface area contributed by atoms with Crippen molar-refractivity contribution in [2.45, 2.75) is 0 Å². The zero-order valence-electron chi connectivity index (χ0n) is 12.8. The summed E-state index contributed by atoms with van der Waals surface area (Å²) in [5.41, 5.74) is 5.78. The van der Waals surface area contributed by atoms with E-state index in [1.165, 1.54) is 0 Å². The van der Waals surface area contributed by atoms with Gasteiger partial charge in [-0.2, -0.15) is 0 Å². The van der Waals surface area contributed by atoms with E-state index in [-0.39, 0.29) is 17.6 Å². The van der Waals surface area contributed by atoms with Crippen LogP contribution in [0, 0.1) is 0 Å². The number of hydrogen-bond donors (Lipinski definition) is 3. The number of amides is 1. The van der Waals surface area contributed by atoms with Crippen molar-refractivity contribution >= 4 is 40.5 Å². The molecule has 0 aliphatic heterocycles. The molecule has 2 aromatic rings. The fourth-order valence-corrected chi connectivity index (χ4v) is 1.97. The van der Waals surface area contributed by atoms with E-state index in [0.717, 1.165) is 5.69 Å². The molecule has 0 bridgehead atoms. The van der Waals surface area contributed by atoms with Gasteiger partial charge in [0, 0.05) is 10.7 Å². The fraction of sp³-hybridized carbons (Fsp3) is 0.125. The van der Waals surface area contributed by atoms with Crippen LogP contribution in [0.4, 0.5) is 5.69 Å². The van der Waals surface area contributed by atoms with Gasteiger partial charge in [0.1, 0.15) is 11.5 Å². The van der Waals surface area contributed by atoms with Crippen molar-refractivity contribution in [2.75, 3.05) is 19.0 Å². The van der Waals surface area contributed by atoms with E-state index in [1.54, 1.807) is 55.6 Å². The Morgan fingerprint density at radius 1 is 1.04 bits per heavy atom. The summed E-state index contributed by atoms with van der Waals surface area (Å²) in [5, 5.41) is 3.78. The van der Waals surface area contributed by atoms with Crippen molar-refractivity contribution in [3.05, 3.63) is 53.6 Å². The first kappa shape index (κ1) is 17.8. The van der Waals surface area contributed by atoms with E-state index in [1.807, 2.05) is 0 Å². The third-order valence-corrected chi connectivity index (χ3v) is 3.30. The second kappa shape index (κ2) is 8.95. The van der Waals surface area contributed by atoms with Crippen molar-refractivity contribution in [2.24, 2.45) is 0 Å². The average Bonchev–Trinajstić information content (AvgIpc) is 2.60. The van der Waals surface area contributed by atoms with Crippen molar-refractivity contribution < 1.29 is 14.3 Å². The van der Waals surface area contributed by atoms with Crippen LogP contribution in [0.25, 0.3) is 0 Å². The number of halogens is 1. The Kier molecular flexibility index (Phi) is 6.65. The molecule has 2 aromatic carbocycles. The van der Waals surface area contributed by atoms with E-state index < -0.39 is 0 Å². The van der Waals surface area contributed by atoms with E-state index >= 15 is 0 Å². The van der Waals surface area contributed by atoms with E-state index in [4.69, 9.17) is 33.3 Å². The lowest BCUT2D eigenvalue weighted by molar-refractivity contribution is -0.123. The standard InChI is InChI=1S/C16H16ClN3O3S/c1-22-13-6-8-14(9-7-13)23-10-15(21)19-20-16(24)18-12-4-2-11(17)3-5-12/h2-9H,10H2,1H3,(H,19,21)(H2,18,20,24). The van der Waals surface area contributed by atoms with Crippen LogP contribution >= 0.6 is 23.8 Å². The summed E-state index contributed by atoms with van der Waals surface area (Å²) in [6.45, 7) is -0.150. The Morgan fingerprint density at radius 3 is 2.29 bits per heavy atom. The molecule has 6 nitrogen and oxygen atoms in total. The summed E-state index contributed by atoms with van der Waals surface area (Å²) in [6, 6.07) is 13.9. The van der Waals surface area contributed by atoms with Gasteiger partial charge in [-0.05, 0) is 60.7 Å². The molecule has 8 heteroatoms. The number of methoxy groups -OCH3 is 1. The lowest BCUT2D eigenvalue weighted by atomic mass is 10.3. The minimum Gasteiger partial charge on any atom is -0.497 e. The maximum Gasteiger partial charge on any atom is 0.276 e. The summed E-state index contributed by atoms with van der Waals surface area (Å²) in [5.74, 6) is 0.908. The van der Waals surface area contributed by atoms with Gasteiger partial charge in [0.15, 0.2) is 11.7 Å². The number of ether oxygens (including phenoxy) is 2. The maximum atomic E-state index is 11.7. The van der Waals surface area contributed by atoms with Gasteiger partial charge in [-0.25, -0.2) is 0 Å². The number of nitrogens with one attached hydrogen (secondary N) is 3. The molecule has 0 heterocycles. The highest BCUT2D eigenvalue weighted by Crippen LogP contribution is 2.16. The maximum absolute atomic E-state index is 11.7. The molecule has 126 valence electrons. The molecule has 2 rings (SSSR count). The molecule has 0 fully saturated rings. The number of rotatable bonds is 5. The number of thiocarbonyl (C=S) groups is 1. The summed E-state index contributed by atoms with van der Waals surface area (Å²) >= 11 is 10.9. The smallest absolute Gasteiger partial charge is 0.276 e. The van der Waals surface area contributed by atoms with Gasteiger partial charge in [-0.15, -0.1) is 0 Å².